The number of amides is 1. The van der Waals surface area contributed by atoms with Crippen molar-refractivity contribution in [2.75, 3.05) is 0 Å². The van der Waals surface area contributed by atoms with E-state index in [2.05, 4.69) is 30.1 Å². The number of benzene rings is 2. The zero-order chi connectivity index (χ0) is 13.1. The molecule has 1 atom stereocenters. The van der Waals surface area contributed by atoms with Crippen LogP contribution in [0.3, 0.4) is 0 Å². The van der Waals surface area contributed by atoms with E-state index in [0.717, 1.165) is 5.56 Å². The van der Waals surface area contributed by atoms with Crippen LogP contribution in [-0.2, 0) is 4.79 Å². The second-order valence-corrected chi connectivity index (χ2v) is 4.54. The Hall–Kier alpha value is -2.09. The monoisotopic (exact) mass is 239 g/mol. The van der Waals surface area contributed by atoms with Crippen molar-refractivity contribution in [3.05, 3.63) is 60.2 Å². The molecule has 0 fully saturated rings. The molecule has 0 aliphatic carbocycles. The summed E-state index contributed by atoms with van der Waals surface area (Å²) in [5.41, 5.74) is 1.66. The summed E-state index contributed by atoms with van der Waals surface area (Å²) in [5, 5.41) is 5.31. The van der Waals surface area contributed by atoms with E-state index in [-0.39, 0.29) is 11.9 Å². The van der Waals surface area contributed by atoms with E-state index < -0.39 is 0 Å². The molecule has 0 saturated heterocycles. The lowest BCUT2D eigenvalue weighted by atomic mass is 9.99. The van der Waals surface area contributed by atoms with E-state index in [1.54, 1.807) is 6.92 Å². The molecule has 0 aliphatic heterocycles. The molecule has 1 amide bonds. The van der Waals surface area contributed by atoms with Gasteiger partial charge in [-0.1, -0.05) is 49.0 Å². The van der Waals surface area contributed by atoms with Crippen molar-refractivity contribution in [1.82, 2.24) is 5.32 Å². The van der Waals surface area contributed by atoms with Crippen LogP contribution in [-0.4, -0.2) is 5.91 Å². The summed E-state index contributed by atoms with van der Waals surface area (Å²) in [6.45, 7) is 7.35. The third kappa shape index (κ3) is 2.43. The summed E-state index contributed by atoms with van der Waals surface area (Å²) in [4.78, 5) is 11.7. The van der Waals surface area contributed by atoms with Crippen molar-refractivity contribution in [3.63, 3.8) is 0 Å². The van der Waals surface area contributed by atoms with Gasteiger partial charge in [0.15, 0.2) is 0 Å². The molecular weight excluding hydrogens is 222 g/mol. The molecule has 0 aliphatic rings. The molecule has 0 heterocycles. The Kier molecular flexibility index (Phi) is 3.47. The highest BCUT2D eigenvalue weighted by Crippen LogP contribution is 2.24. The second kappa shape index (κ2) is 5.05. The minimum atomic E-state index is -0.101. The Balaban J connectivity index is 2.36. The largest absolute Gasteiger partial charge is 0.346 e. The van der Waals surface area contributed by atoms with Gasteiger partial charge in [0.1, 0.15) is 0 Å². The van der Waals surface area contributed by atoms with Crippen LogP contribution in [0.15, 0.2) is 54.6 Å². The summed E-state index contributed by atoms with van der Waals surface area (Å²) in [7, 11) is 0. The van der Waals surface area contributed by atoms with E-state index >= 15 is 0 Å². The van der Waals surface area contributed by atoms with Crippen molar-refractivity contribution in [2.45, 2.75) is 19.9 Å². The normalized spacial score (nSPS) is 12.1. The second-order valence-electron chi connectivity index (χ2n) is 4.54. The fourth-order valence-electron chi connectivity index (χ4n) is 2.03. The van der Waals surface area contributed by atoms with E-state index in [1.807, 2.05) is 31.2 Å². The molecule has 0 spiro atoms. The summed E-state index contributed by atoms with van der Waals surface area (Å²) in [5.74, 6) is -0.101. The van der Waals surface area contributed by atoms with Gasteiger partial charge in [0.25, 0.3) is 0 Å². The molecule has 18 heavy (non-hydrogen) atoms. The molecule has 0 unspecified atom stereocenters. The number of carbonyl (C=O) groups excluding carboxylic acids is 1. The first-order chi connectivity index (χ1) is 8.59. The number of fused-ring (bicyclic) bond motifs is 1. The van der Waals surface area contributed by atoms with E-state index in [0.29, 0.717) is 5.57 Å². The van der Waals surface area contributed by atoms with Crippen LogP contribution in [0, 0.1) is 0 Å². The highest BCUT2D eigenvalue weighted by Gasteiger charge is 2.12. The highest BCUT2D eigenvalue weighted by molar-refractivity contribution is 5.93. The van der Waals surface area contributed by atoms with Crippen LogP contribution in [0.1, 0.15) is 25.5 Å². The van der Waals surface area contributed by atoms with Gasteiger partial charge in [-0.2, -0.15) is 0 Å². The lowest BCUT2D eigenvalue weighted by Crippen LogP contribution is -2.27. The first-order valence-corrected chi connectivity index (χ1v) is 6.03. The molecule has 1 N–H and O–H groups in total. The molecule has 2 aromatic carbocycles. The zero-order valence-corrected chi connectivity index (χ0v) is 10.7. The Morgan fingerprint density at radius 3 is 2.56 bits per heavy atom. The first kappa shape index (κ1) is 12.4. The van der Waals surface area contributed by atoms with Crippen LogP contribution in [0.4, 0.5) is 0 Å². The quantitative estimate of drug-likeness (QED) is 0.815. The molecule has 2 nitrogen and oxygen atoms in total. The topological polar surface area (TPSA) is 29.1 Å². The SMILES string of the molecule is C=C(C)C(=O)N[C@@H](C)c1cccc2ccccc12. The minimum Gasteiger partial charge on any atom is -0.346 e. The van der Waals surface area contributed by atoms with Crippen LogP contribution in [0.2, 0.25) is 0 Å². The van der Waals surface area contributed by atoms with Crippen molar-refractivity contribution in [1.29, 1.82) is 0 Å². The van der Waals surface area contributed by atoms with Gasteiger partial charge in [-0.3, -0.25) is 4.79 Å². The van der Waals surface area contributed by atoms with E-state index in [4.69, 9.17) is 0 Å². The molecule has 0 radical (unpaired) electrons. The van der Waals surface area contributed by atoms with Gasteiger partial charge in [-0.25, -0.2) is 0 Å². The van der Waals surface area contributed by atoms with Crippen LogP contribution in [0.5, 0.6) is 0 Å². The average molecular weight is 239 g/mol. The van der Waals surface area contributed by atoms with Gasteiger partial charge in [0.2, 0.25) is 5.91 Å². The number of rotatable bonds is 3. The van der Waals surface area contributed by atoms with Crippen molar-refractivity contribution in [2.24, 2.45) is 0 Å². The van der Waals surface area contributed by atoms with Crippen LogP contribution >= 0.6 is 0 Å². The summed E-state index contributed by atoms with van der Waals surface area (Å²) >= 11 is 0. The van der Waals surface area contributed by atoms with E-state index in [9.17, 15) is 4.79 Å². The van der Waals surface area contributed by atoms with Crippen LogP contribution in [0.25, 0.3) is 10.8 Å². The average Bonchev–Trinajstić information content (AvgIpc) is 2.37. The minimum absolute atomic E-state index is 0.0275. The summed E-state index contributed by atoms with van der Waals surface area (Å²) < 4.78 is 0. The maximum Gasteiger partial charge on any atom is 0.246 e. The lowest BCUT2D eigenvalue weighted by Gasteiger charge is -2.16. The van der Waals surface area contributed by atoms with Gasteiger partial charge in [-0.15, -0.1) is 0 Å². The number of nitrogens with one attached hydrogen (secondary N) is 1. The predicted molar refractivity (Wildman–Crippen MR) is 75.3 cm³/mol. The molecule has 2 heteroatoms. The maximum absolute atomic E-state index is 11.7. The Morgan fingerprint density at radius 2 is 1.83 bits per heavy atom. The fourth-order valence-corrected chi connectivity index (χ4v) is 2.03. The summed E-state index contributed by atoms with van der Waals surface area (Å²) in [6.07, 6.45) is 0. The molecule has 2 aromatic rings. The number of hydrogen-bond donors (Lipinski definition) is 1. The van der Waals surface area contributed by atoms with E-state index in [1.165, 1.54) is 10.8 Å². The lowest BCUT2D eigenvalue weighted by molar-refractivity contribution is -0.118. The third-order valence-electron chi connectivity index (χ3n) is 3.03. The number of hydrogen-bond acceptors (Lipinski definition) is 1. The zero-order valence-electron chi connectivity index (χ0n) is 10.7. The Morgan fingerprint density at radius 1 is 1.17 bits per heavy atom. The van der Waals surface area contributed by atoms with Crippen LogP contribution < -0.4 is 5.32 Å². The van der Waals surface area contributed by atoms with Gasteiger partial charge in [-0.05, 0) is 30.2 Å². The standard InChI is InChI=1S/C16H17NO/c1-11(2)16(18)17-12(3)14-10-6-8-13-7-4-5-9-15(13)14/h4-10,12H,1H2,2-3H3,(H,17,18)/t12-/m0/s1. The summed E-state index contributed by atoms with van der Waals surface area (Å²) in [6, 6.07) is 14.3. The van der Waals surface area contributed by atoms with Gasteiger partial charge >= 0.3 is 0 Å². The molecule has 2 rings (SSSR count). The third-order valence-corrected chi connectivity index (χ3v) is 3.03. The van der Waals surface area contributed by atoms with Gasteiger partial charge < -0.3 is 5.32 Å². The van der Waals surface area contributed by atoms with Gasteiger partial charge in [0, 0.05) is 5.57 Å². The molecule has 0 aromatic heterocycles. The Bertz CT molecular complexity index is 596. The van der Waals surface area contributed by atoms with Crippen molar-refractivity contribution in [3.8, 4) is 0 Å². The first-order valence-electron chi connectivity index (χ1n) is 6.03. The van der Waals surface area contributed by atoms with Crippen molar-refractivity contribution < 1.29 is 4.79 Å². The highest BCUT2D eigenvalue weighted by atomic mass is 16.1. The van der Waals surface area contributed by atoms with Crippen molar-refractivity contribution >= 4 is 16.7 Å². The predicted octanol–water partition coefficient (Wildman–Crippen LogP) is 3.59. The smallest absolute Gasteiger partial charge is 0.246 e. The fraction of sp³-hybridized carbons (Fsp3) is 0.188. The van der Waals surface area contributed by atoms with Gasteiger partial charge in [0.05, 0.1) is 6.04 Å². The molecule has 0 saturated carbocycles. The Labute approximate surface area is 107 Å². The number of carbonyl (C=O) groups is 1. The maximum atomic E-state index is 11.7. The molecule has 0 bridgehead atoms. The molecular formula is C16H17NO. The molecule has 92 valence electrons.